The van der Waals surface area contributed by atoms with Crippen molar-refractivity contribution >= 4 is 11.1 Å². The zero-order chi connectivity index (χ0) is 20.6. The number of aliphatic hydroxyl groups excluding tert-OH is 1. The van der Waals surface area contributed by atoms with E-state index in [1.807, 2.05) is 81.7 Å². The van der Waals surface area contributed by atoms with Crippen molar-refractivity contribution in [2.45, 2.75) is 13.0 Å². The number of hydrogen-bond donors (Lipinski definition) is 1. The van der Waals surface area contributed by atoms with E-state index in [0.717, 1.165) is 40.1 Å². The van der Waals surface area contributed by atoms with E-state index in [-0.39, 0.29) is 0 Å². The molecule has 0 bridgehead atoms. The Morgan fingerprint density at radius 1 is 0.828 bits per heavy atom. The molecule has 0 fully saturated rings. The lowest BCUT2D eigenvalue weighted by atomic mass is 9.87. The summed E-state index contributed by atoms with van der Waals surface area (Å²) in [5.74, 6) is 0.829. The number of likely N-dealkylation sites (N-methyl/N-ethyl adjacent to an activating group) is 1. The highest BCUT2D eigenvalue weighted by molar-refractivity contribution is 6.00. The van der Waals surface area contributed by atoms with Crippen LogP contribution in [0.4, 0.5) is 0 Å². The highest BCUT2D eigenvalue weighted by Crippen LogP contribution is 2.35. The summed E-state index contributed by atoms with van der Waals surface area (Å²) >= 11 is 0. The first-order chi connectivity index (χ1) is 14.1. The summed E-state index contributed by atoms with van der Waals surface area (Å²) in [7, 11) is 4.07. The molecule has 29 heavy (non-hydrogen) atoms. The molecule has 0 aliphatic carbocycles. The van der Waals surface area contributed by atoms with Crippen molar-refractivity contribution in [3.63, 3.8) is 0 Å². The van der Waals surface area contributed by atoms with Crippen LogP contribution < -0.4 is 4.74 Å². The van der Waals surface area contributed by atoms with E-state index in [0.29, 0.717) is 6.61 Å². The highest BCUT2D eigenvalue weighted by Gasteiger charge is 2.18. The standard InChI is InChI=1S/C26H29NO2/c1-20(28)25(21-11-6-4-7-12-21)26(22-13-8-5-9-14-22)23-15-10-16-24(19-23)29-18-17-27(2)3/h4-16,19-20,28H,17-18H2,1-3H3/b26-25+. The van der Waals surface area contributed by atoms with Gasteiger partial charge in [0.25, 0.3) is 0 Å². The largest absolute Gasteiger partial charge is 0.492 e. The maximum atomic E-state index is 10.7. The van der Waals surface area contributed by atoms with Gasteiger partial charge in [0.2, 0.25) is 0 Å². The molecule has 1 atom stereocenters. The third-order valence-electron chi connectivity index (χ3n) is 4.76. The fourth-order valence-corrected chi connectivity index (χ4v) is 3.38. The molecule has 0 aliphatic rings. The van der Waals surface area contributed by atoms with Gasteiger partial charge in [0.15, 0.2) is 0 Å². The maximum Gasteiger partial charge on any atom is 0.119 e. The van der Waals surface area contributed by atoms with Gasteiger partial charge in [0.1, 0.15) is 12.4 Å². The minimum atomic E-state index is -0.620. The summed E-state index contributed by atoms with van der Waals surface area (Å²) in [4.78, 5) is 2.10. The van der Waals surface area contributed by atoms with Crippen molar-refractivity contribution in [3.05, 3.63) is 102 Å². The molecule has 1 unspecified atom stereocenters. The molecule has 0 saturated heterocycles. The summed E-state index contributed by atoms with van der Waals surface area (Å²) in [5, 5.41) is 10.7. The van der Waals surface area contributed by atoms with Crippen LogP contribution in [0.5, 0.6) is 5.75 Å². The summed E-state index contributed by atoms with van der Waals surface area (Å²) in [6, 6.07) is 28.4. The number of aliphatic hydroxyl groups is 1. The topological polar surface area (TPSA) is 32.7 Å². The summed E-state index contributed by atoms with van der Waals surface area (Å²) < 4.78 is 5.96. The van der Waals surface area contributed by atoms with Crippen LogP contribution in [0.15, 0.2) is 84.9 Å². The first kappa shape index (κ1) is 20.8. The number of nitrogens with zero attached hydrogens (tertiary/aromatic N) is 1. The number of benzene rings is 3. The lowest BCUT2D eigenvalue weighted by Crippen LogP contribution is -2.19. The fourth-order valence-electron chi connectivity index (χ4n) is 3.38. The van der Waals surface area contributed by atoms with Crippen molar-refractivity contribution in [3.8, 4) is 5.75 Å². The molecule has 3 nitrogen and oxygen atoms in total. The Kier molecular flexibility index (Phi) is 7.23. The molecule has 1 N–H and O–H groups in total. The van der Waals surface area contributed by atoms with Crippen molar-refractivity contribution in [1.82, 2.24) is 4.90 Å². The van der Waals surface area contributed by atoms with Gasteiger partial charge in [-0.2, -0.15) is 0 Å². The molecule has 0 saturated carbocycles. The molecule has 150 valence electrons. The van der Waals surface area contributed by atoms with Gasteiger partial charge in [-0.25, -0.2) is 0 Å². The highest BCUT2D eigenvalue weighted by atomic mass is 16.5. The molecule has 0 amide bonds. The van der Waals surface area contributed by atoms with Crippen molar-refractivity contribution in [2.75, 3.05) is 27.2 Å². The van der Waals surface area contributed by atoms with E-state index in [1.54, 1.807) is 0 Å². The van der Waals surface area contributed by atoms with Crippen LogP contribution in [0.3, 0.4) is 0 Å². The second-order valence-electron chi connectivity index (χ2n) is 7.38. The Bertz CT molecular complexity index is 931. The van der Waals surface area contributed by atoms with Crippen LogP contribution in [-0.2, 0) is 0 Å². The van der Waals surface area contributed by atoms with E-state index in [9.17, 15) is 5.11 Å². The molecule has 0 aromatic heterocycles. The second-order valence-corrected chi connectivity index (χ2v) is 7.38. The zero-order valence-electron chi connectivity index (χ0n) is 17.4. The molecule has 0 heterocycles. The van der Waals surface area contributed by atoms with Crippen molar-refractivity contribution < 1.29 is 9.84 Å². The average molecular weight is 388 g/mol. The number of rotatable bonds is 8. The lowest BCUT2D eigenvalue weighted by molar-refractivity contribution is 0.253. The van der Waals surface area contributed by atoms with Crippen LogP contribution >= 0.6 is 0 Å². The first-order valence-corrected chi connectivity index (χ1v) is 9.97. The summed E-state index contributed by atoms with van der Waals surface area (Å²) in [6.07, 6.45) is -0.620. The van der Waals surface area contributed by atoms with E-state index in [4.69, 9.17) is 4.74 Å². The molecular formula is C26H29NO2. The van der Waals surface area contributed by atoms with Gasteiger partial charge < -0.3 is 14.7 Å². The summed E-state index contributed by atoms with van der Waals surface area (Å²) in [5.41, 5.74) is 5.03. The quantitative estimate of drug-likeness (QED) is 0.554. The van der Waals surface area contributed by atoms with Crippen LogP contribution in [0.2, 0.25) is 0 Å². The van der Waals surface area contributed by atoms with E-state index in [1.165, 1.54) is 0 Å². The van der Waals surface area contributed by atoms with Crippen molar-refractivity contribution in [2.24, 2.45) is 0 Å². The maximum absolute atomic E-state index is 10.7. The smallest absolute Gasteiger partial charge is 0.119 e. The third-order valence-corrected chi connectivity index (χ3v) is 4.76. The predicted octanol–water partition coefficient (Wildman–Crippen LogP) is 4.97. The van der Waals surface area contributed by atoms with Crippen LogP contribution in [0, 0.1) is 0 Å². The van der Waals surface area contributed by atoms with E-state index < -0.39 is 6.10 Å². The molecule has 0 aliphatic heterocycles. The third kappa shape index (κ3) is 5.57. The van der Waals surface area contributed by atoms with Gasteiger partial charge in [-0.1, -0.05) is 72.8 Å². The average Bonchev–Trinajstić information content (AvgIpc) is 2.73. The minimum absolute atomic E-state index is 0.620. The van der Waals surface area contributed by atoms with Crippen molar-refractivity contribution in [1.29, 1.82) is 0 Å². The predicted molar refractivity (Wildman–Crippen MR) is 121 cm³/mol. The number of hydrogen-bond acceptors (Lipinski definition) is 3. The lowest BCUT2D eigenvalue weighted by Gasteiger charge is -2.20. The van der Waals surface area contributed by atoms with Gasteiger partial charge in [-0.3, -0.25) is 0 Å². The SMILES string of the molecule is CC(O)/C(=C(/c1ccccc1)c1cccc(OCCN(C)C)c1)c1ccccc1. The van der Waals surface area contributed by atoms with E-state index in [2.05, 4.69) is 29.2 Å². The van der Waals surface area contributed by atoms with Gasteiger partial charge in [0.05, 0.1) is 6.10 Å². The molecule has 3 rings (SSSR count). The Labute approximate surface area is 173 Å². The fraction of sp³-hybridized carbons (Fsp3) is 0.231. The molecule has 3 aromatic carbocycles. The Balaban J connectivity index is 2.12. The van der Waals surface area contributed by atoms with E-state index >= 15 is 0 Å². The molecular weight excluding hydrogens is 358 g/mol. The molecule has 0 radical (unpaired) electrons. The monoisotopic (exact) mass is 387 g/mol. The van der Waals surface area contributed by atoms with Gasteiger partial charge >= 0.3 is 0 Å². The summed E-state index contributed by atoms with van der Waals surface area (Å²) in [6.45, 7) is 3.31. The minimum Gasteiger partial charge on any atom is -0.492 e. The Morgan fingerprint density at radius 2 is 1.41 bits per heavy atom. The molecule has 3 heteroatoms. The Hall–Kier alpha value is -2.88. The van der Waals surface area contributed by atoms with Gasteiger partial charge in [-0.05, 0) is 61.0 Å². The van der Waals surface area contributed by atoms with Crippen LogP contribution in [0.1, 0.15) is 23.6 Å². The van der Waals surface area contributed by atoms with Gasteiger partial charge in [0, 0.05) is 6.54 Å². The Morgan fingerprint density at radius 3 is 2.00 bits per heavy atom. The van der Waals surface area contributed by atoms with Gasteiger partial charge in [-0.15, -0.1) is 0 Å². The molecule has 3 aromatic rings. The van der Waals surface area contributed by atoms with Crippen LogP contribution in [0.25, 0.3) is 11.1 Å². The van der Waals surface area contributed by atoms with Crippen LogP contribution in [-0.4, -0.2) is 43.4 Å². The molecule has 0 spiro atoms. The normalized spacial score (nSPS) is 13.1. The first-order valence-electron chi connectivity index (χ1n) is 9.97. The second kappa shape index (κ2) is 10.1. The number of ether oxygens (including phenoxy) is 1. The zero-order valence-corrected chi connectivity index (χ0v) is 17.4.